The first-order valence-corrected chi connectivity index (χ1v) is 34.5. The van der Waals surface area contributed by atoms with Crippen molar-refractivity contribution in [3.63, 3.8) is 0 Å². The minimum atomic E-state index is -0.779. The van der Waals surface area contributed by atoms with Gasteiger partial charge < -0.3 is 14.2 Å². The Bertz CT molecular complexity index is 1690. The van der Waals surface area contributed by atoms with E-state index in [4.69, 9.17) is 14.2 Å². The summed E-state index contributed by atoms with van der Waals surface area (Å²) in [5, 5.41) is 0. The topological polar surface area (TPSA) is 78.9 Å². The average molecular weight is 1140 g/mol. The van der Waals surface area contributed by atoms with Crippen molar-refractivity contribution in [2.75, 3.05) is 13.2 Å². The molecule has 0 aliphatic heterocycles. The van der Waals surface area contributed by atoms with Gasteiger partial charge in [-0.2, -0.15) is 0 Å². The Hall–Kier alpha value is -4.19. The number of hydrogen-bond acceptors (Lipinski definition) is 6. The summed E-state index contributed by atoms with van der Waals surface area (Å²) in [6, 6.07) is 0. The molecule has 0 spiro atoms. The lowest BCUT2D eigenvalue weighted by Gasteiger charge is -2.18. The highest BCUT2D eigenvalue weighted by Gasteiger charge is 2.19. The van der Waals surface area contributed by atoms with Gasteiger partial charge in [0.2, 0.25) is 0 Å². The number of ether oxygens (including phenoxy) is 3. The smallest absolute Gasteiger partial charge is 0.306 e. The molecule has 0 heterocycles. The SMILES string of the molecule is CC/C=C\C/C=C\C/C=C\C/C=C\C/C=C\CCCCCCCCCCCCCCCCCC(=O)OCC(COC(=O)CCCCCCCC)OC(=O)CCCCCCCCCCCCC/C=C\C/C=C\C/C=C\C/C=C\C/C=C\CC. The number of carbonyl (C=O) groups is 3. The van der Waals surface area contributed by atoms with Crippen LogP contribution in [0.15, 0.2) is 122 Å². The van der Waals surface area contributed by atoms with E-state index in [0.29, 0.717) is 19.3 Å². The molecule has 0 saturated carbocycles. The van der Waals surface area contributed by atoms with Crippen LogP contribution in [0.25, 0.3) is 0 Å². The van der Waals surface area contributed by atoms with Crippen LogP contribution in [0.2, 0.25) is 0 Å². The van der Waals surface area contributed by atoms with Crippen LogP contribution in [0.1, 0.15) is 323 Å². The minimum absolute atomic E-state index is 0.0778. The summed E-state index contributed by atoms with van der Waals surface area (Å²) in [6.07, 6.45) is 96.9. The van der Waals surface area contributed by atoms with Crippen LogP contribution in [0, 0.1) is 0 Å². The van der Waals surface area contributed by atoms with Gasteiger partial charge in [-0.1, -0.05) is 316 Å². The van der Waals surface area contributed by atoms with Crippen LogP contribution in [-0.4, -0.2) is 37.2 Å². The maximum absolute atomic E-state index is 12.9. The third-order valence-electron chi connectivity index (χ3n) is 14.7. The number of rotatable bonds is 62. The van der Waals surface area contributed by atoms with Crippen molar-refractivity contribution in [1.82, 2.24) is 0 Å². The molecule has 82 heavy (non-hydrogen) atoms. The lowest BCUT2D eigenvalue weighted by atomic mass is 10.0. The maximum atomic E-state index is 12.9. The van der Waals surface area contributed by atoms with Gasteiger partial charge in [0.05, 0.1) is 0 Å². The molecule has 0 aromatic rings. The second-order valence-electron chi connectivity index (χ2n) is 22.7. The number of carbonyl (C=O) groups excluding carboxylic acids is 3. The molecule has 1 atom stereocenters. The monoisotopic (exact) mass is 1140 g/mol. The highest BCUT2D eigenvalue weighted by atomic mass is 16.6. The first-order valence-electron chi connectivity index (χ1n) is 34.5. The van der Waals surface area contributed by atoms with E-state index in [1.165, 1.54) is 161 Å². The van der Waals surface area contributed by atoms with Gasteiger partial charge in [-0.15, -0.1) is 0 Å². The maximum Gasteiger partial charge on any atom is 0.306 e. The summed E-state index contributed by atoms with van der Waals surface area (Å²) >= 11 is 0. The summed E-state index contributed by atoms with van der Waals surface area (Å²) in [7, 11) is 0. The first kappa shape index (κ1) is 77.8. The molecule has 0 aromatic heterocycles. The second-order valence-corrected chi connectivity index (χ2v) is 22.7. The van der Waals surface area contributed by atoms with E-state index in [9.17, 15) is 14.4 Å². The molecule has 468 valence electrons. The lowest BCUT2D eigenvalue weighted by Crippen LogP contribution is -2.30. The number of hydrogen-bond donors (Lipinski definition) is 0. The number of unbranched alkanes of at least 4 members (excludes halogenated alkanes) is 31. The Labute approximate surface area is 507 Å². The van der Waals surface area contributed by atoms with Crippen molar-refractivity contribution in [3.05, 3.63) is 122 Å². The molecule has 0 saturated heterocycles. The molecule has 0 aliphatic rings. The van der Waals surface area contributed by atoms with Crippen LogP contribution in [-0.2, 0) is 28.6 Å². The molecule has 0 aliphatic carbocycles. The van der Waals surface area contributed by atoms with Gasteiger partial charge in [0.15, 0.2) is 6.10 Å². The first-order chi connectivity index (χ1) is 40.5. The van der Waals surface area contributed by atoms with Crippen LogP contribution in [0.3, 0.4) is 0 Å². The Morgan fingerprint density at radius 3 is 0.744 bits per heavy atom. The highest BCUT2D eigenvalue weighted by Crippen LogP contribution is 2.17. The Balaban J connectivity index is 4.05. The predicted octanol–water partition coefficient (Wildman–Crippen LogP) is 23.9. The largest absolute Gasteiger partial charge is 0.462 e. The van der Waals surface area contributed by atoms with Gasteiger partial charge in [0.1, 0.15) is 13.2 Å². The molecule has 0 aromatic carbocycles. The molecule has 6 nitrogen and oxygen atoms in total. The normalized spacial score (nSPS) is 12.9. The number of esters is 3. The Morgan fingerprint density at radius 2 is 0.476 bits per heavy atom. The Morgan fingerprint density at radius 1 is 0.256 bits per heavy atom. The average Bonchev–Trinajstić information content (AvgIpc) is 3.47. The van der Waals surface area contributed by atoms with Gasteiger partial charge in [-0.25, -0.2) is 0 Å². The van der Waals surface area contributed by atoms with Crippen molar-refractivity contribution in [2.24, 2.45) is 0 Å². The molecule has 0 fully saturated rings. The van der Waals surface area contributed by atoms with Gasteiger partial charge >= 0.3 is 17.9 Å². The van der Waals surface area contributed by atoms with Crippen molar-refractivity contribution in [1.29, 1.82) is 0 Å². The third kappa shape index (κ3) is 66.6. The van der Waals surface area contributed by atoms with Crippen LogP contribution < -0.4 is 0 Å². The van der Waals surface area contributed by atoms with Crippen molar-refractivity contribution in [3.8, 4) is 0 Å². The summed E-state index contributed by atoms with van der Waals surface area (Å²) in [6.45, 7) is 6.38. The zero-order chi connectivity index (χ0) is 59.2. The molecule has 0 rings (SSSR count). The summed E-state index contributed by atoms with van der Waals surface area (Å²) < 4.78 is 16.8. The molecular formula is C76H128O6. The predicted molar refractivity (Wildman–Crippen MR) is 357 cm³/mol. The van der Waals surface area contributed by atoms with E-state index >= 15 is 0 Å². The quantitative estimate of drug-likeness (QED) is 0.0261. The number of allylic oxidation sites excluding steroid dienone is 20. The van der Waals surface area contributed by atoms with Gasteiger partial charge in [-0.05, 0) is 109 Å². The molecule has 0 N–H and O–H groups in total. The van der Waals surface area contributed by atoms with E-state index in [0.717, 1.165) is 122 Å². The molecule has 6 heteroatoms. The fourth-order valence-electron chi connectivity index (χ4n) is 9.62. The minimum Gasteiger partial charge on any atom is -0.462 e. The van der Waals surface area contributed by atoms with E-state index in [1.807, 2.05) is 0 Å². The summed E-state index contributed by atoms with van der Waals surface area (Å²) in [4.78, 5) is 38.1. The zero-order valence-electron chi connectivity index (χ0n) is 53.7. The third-order valence-corrected chi connectivity index (χ3v) is 14.7. The van der Waals surface area contributed by atoms with Crippen molar-refractivity contribution >= 4 is 17.9 Å². The van der Waals surface area contributed by atoms with Crippen molar-refractivity contribution < 1.29 is 28.6 Å². The van der Waals surface area contributed by atoms with E-state index in [1.54, 1.807) is 0 Å². The van der Waals surface area contributed by atoms with E-state index < -0.39 is 6.10 Å². The van der Waals surface area contributed by atoms with Crippen LogP contribution in [0.5, 0.6) is 0 Å². The molecule has 0 bridgehead atoms. The molecule has 0 amide bonds. The Kier molecular flexibility index (Phi) is 65.8. The standard InChI is InChI=1S/C76H128O6/c1-4-7-10-13-16-18-20-22-24-26-28-30-32-34-36-37-38-39-41-42-44-46-48-50-52-54-56-58-60-63-66-69-75(78)81-72-73(71-80-74(77)68-65-62-15-12-9-6-3)82-76(79)70-67-64-61-59-57-55-53-51-49-47-45-43-40-35-33-31-29-27-25-23-21-19-17-14-11-8-5-2/h7-8,10-11,16-19,22-25,28-31,34-36,40,73H,4-6,9,12-15,20-21,26-27,32-33,37-39,41-72H2,1-3H3/b10-7-,11-8-,18-16-,19-17-,24-22-,25-23-,30-28-,31-29-,36-34-,40-35-. The molecular weight excluding hydrogens is 1010 g/mol. The van der Waals surface area contributed by atoms with Crippen LogP contribution >= 0.6 is 0 Å². The van der Waals surface area contributed by atoms with E-state index in [-0.39, 0.29) is 31.1 Å². The highest BCUT2D eigenvalue weighted by molar-refractivity contribution is 5.71. The van der Waals surface area contributed by atoms with Crippen molar-refractivity contribution in [2.45, 2.75) is 329 Å². The summed E-state index contributed by atoms with van der Waals surface area (Å²) in [5.41, 5.74) is 0. The van der Waals surface area contributed by atoms with Crippen LogP contribution in [0.4, 0.5) is 0 Å². The molecule has 1 unspecified atom stereocenters. The fraction of sp³-hybridized carbons (Fsp3) is 0.697. The lowest BCUT2D eigenvalue weighted by molar-refractivity contribution is -0.167. The van der Waals surface area contributed by atoms with E-state index in [2.05, 4.69) is 142 Å². The second kappa shape index (κ2) is 69.3. The fourth-order valence-corrected chi connectivity index (χ4v) is 9.62. The summed E-state index contributed by atoms with van der Waals surface area (Å²) in [5.74, 6) is -0.881. The van der Waals surface area contributed by atoms with Gasteiger partial charge in [0.25, 0.3) is 0 Å². The molecule has 0 radical (unpaired) electrons. The van der Waals surface area contributed by atoms with Gasteiger partial charge in [-0.3, -0.25) is 14.4 Å². The van der Waals surface area contributed by atoms with Gasteiger partial charge in [0, 0.05) is 19.3 Å². The zero-order valence-corrected chi connectivity index (χ0v) is 53.7.